The lowest BCUT2D eigenvalue weighted by atomic mass is 10.2. The molecule has 0 aliphatic carbocycles. The van der Waals surface area contributed by atoms with Crippen LogP contribution in [0.4, 0.5) is 5.69 Å². The molecule has 27 heavy (non-hydrogen) atoms. The number of carbonyl (C=O) groups excluding carboxylic acids is 1. The molecule has 1 N–H and O–H groups in total. The van der Waals surface area contributed by atoms with Crippen molar-refractivity contribution in [2.45, 2.75) is 17.9 Å². The summed E-state index contributed by atoms with van der Waals surface area (Å²) in [6.07, 6.45) is 0. The Kier molecular flexibility index (Phi) is 6.16. The number of hydrogen-bond acceptors (Lipinski definition) is 4. The average molecular weight is 408 g/mol. The van der Waals surface area contributed by atoms with E-state index in [9.17, 15) is 13.2 Å². The van der Waals surface area contributed by atoms with Crippen molar-refractivity contribution in [3.63, 3.8) is 0 Å². The van der Waals surface area contributed by atoms with Gasteiger partial charge >= 0.3 is 0 Å². The molecule has 144 valence electrons. The summed E-state index contributed by atoms with van der Waals surface area (Å²) in [6.45, 7) is 3.52. The molecule has 0 bridgehead atoms. The third-order valence-electron chi connectivity index (χ3n) is 4.67. The van der Waals surface area contributed by atoms with Crippen LogP contribution in [-0.2, 0) is 14.8 Å². The second kappa shape index (κ2) is 8.39. The summed E-state index contributed by atoms with van der Waals surface area (Å²) in [7, 11) is -3.49. The molecule has 1 fully saturated rings. The average Bonchev–Trinajstić information content (AvgIpc) is 2.68. The fourth-order valence-electron chi connectivity index (χ4n) is 3.05. The molecule has 6 nitrogen and oxygen atoms in total. The van der Waals surface area contributed by atoms with Crippen LogP contribution in [0.2, 0.25) is 5.02 Å². The van der Waals surface area contributed by atoms with Crippen LogP contribution in [0.15, 0.2) is 59.5 Å². The first kappa shape index (κ1) is 19.8. The molecule has 1 atom stereocenters. The molecule has 1 aliphatic heterocycles. The molecule has 0 radical (unpaired) electrons. The molecule has 0 saturated carbocycles. The van der Waals surface area contributed by atoms with Crippen molar-refractivity contribution in [1.82, 2.24) is 9.21 Å². The minimum absolute atomic E-state index is 0.142. The van der Waals surface area contributed by atoms with Gasteiger partial charge in [-0.1, -0.05) is 35.9 Å². The molecule has 1 heterocycles. The monoisotopic (exact) mass is 407 g/mol. The number of benzene rings is 2. The topological polar surface area (TPSA) is 69.7 Å². The third-order valence-corrected chi connectivity index (χ3v) is 6.82. The van der Waals surface area contributed by atoms with Crippen LogP contribution in [0, 0.1) is 0 Å². The van der Waals surface area contributed by atoms with Crippen molar-refractivity contribution in [1.29, 1.82) is 0 Å². The van der Waals surface area contributed by atoms with Crippen molar-refractivity contribution < 1.29 is 13.2 Å². The quantitative estimate of drug-likeness (QED) is 0.827. The number of piperazine rings is 1. The van der Waals surface area contributed by atoms with Crippen LogP contribution in [0.3, 0.4) is 0 Å². The highest BCUT2D eigenvalue weighted by atomic mass is 35.5. The summed E-state index contributed by atoms with van der Waals surface area (Å²) >= 11 is 5.94. The van der Waals surface area contributed by atoms with E-state index < -0.39 is 10.0 Å². The normalized spacial score (nSPS) is 17.4. The van der Waals surface area contributed by atoms with Gasteiger partial charge in [0.1, 0.15) is 0 Å². The van der Waals surface area contributed by atoms with Gasteiger partial charge in [-0.25, -0.2) is 8.42 Å². The molecule has 1 saturated heterocycles. The minimum atomic E-state index is -3.49. The van der Waals surface area contributed by atoms with Crippen LogP contribution in [-0.4, -0.2) is 55.8 Å². The minimum Gasteiger partial charge on any atom is -0.325 e. The van der Waals surface area contributed by atoms with Gasteiger partial charge in [0.2, 0.25) is 15.9 Å². The Hall–Kier alpha value is -1.93. The molecule has 0 spiro atoms. The van der Waals surface area contributed by atoms with Gasteiger partial charge in [0, 0.05) is 36.9 Å². The molecule has 1 aliphatic rings. The molecule has 3 rings (SSSR count). The predicted molar refractivity (Wildman–Crippen MR) is 106 cm³/mol. The lowest BCUT2D eigenvalue weighted by Gasteiger charge is -2.36. The molecule has 2 aromatic carbocycles. The number of carbonyl (C=O) groups is 1. The SMILES string of the molecule is C[C@@H](C(=O)Nc1cccc(Cl)c1)N1CCN(S(=O)(=O)c2ccccc2)CC1. The van der Waals surface area contributed by atoms with E-state index >= 15 is 0 Å². The zero-order valence-corrected chi connectivity index (χ0v) is 16.6. The summed E-state index contributed by atoms with van der Waals surface area (Å²) in [5, 5.41) is 3.41. The number of amides is 1. The largest absolute Gasteiger partial charge is 0.325 e. The Labute approximate surface area is 164 Å². The van der Waals surface area contributed by atoms with Gasteiger partial charge in [-0.2, -0.15) is 4.31 Å². The van der Waals surface area contributed by atoms with Gasteiger partial charge in [0.25, 0.3) is 0 Å². The van der Waals surface area contributed by atoms with E-state index in [2.05, 4.69) is 5.32 Å². The van der Waals surface area contributed by atoms with Crippen LogP contribution in [0.5, 0.6) is 0 Å². The first-order valence-corrected chi connectivity index (χ1v) is 10.6. The lowest BCUT2D eigenvalue weighted by molar-refractivity contribution is -0.121. The number of nitrogens with zero attached hydrogens (tertiary/aromatic N) is 2. The third kappa shape index (κ3) is 4.68. The number of anilines is 1. The van der Waals surface area contributed by atoms with E-state index in [0.29, 0.717) is 41.8 Å². The number of halogens is 1. The van der Waals surface area contributed by atoms with Gasteiger partial charge < -0.3 is 5.32 Å². The Balaban J connectivity index is 1.59. The smallest absolute Gasteiger partial charge is 0.243 e. The van der Waals surface area contributed by atoms with Crippen molar-refractivity contribution in [3.8, 4) is 0 Å². The van der Waals surface area contributed by atoms with Crippen LogP contribution < -0.4 is 5.32 Å². The Morgan fingerprint density at radius 1 is 1.04 bits per heavy atom. The van der Waals surface area contributed by atoms with E-state index in [0.717, 1.165) is 0 Å². The number of nitrogens with one attached hydrogen (secondary N) is 1. The maximum Gasteiger partial charge on any atom is 0.243 e. The maximum atomic E-state index is 12.7. The van der Waals surface area contributed by atoms with Gasteiger partial charge in [0.15, 0.2) is 0 Å². The van der Waals surface area contributed by atoms with Crippen molar-refractivity contribution in [3.05, 3.63) is 59.6 Å². The molecular weight excluding hydrogens is 386 g/mol. The van der Waals surface area contributed by atoms with E-state index in [1.165, 1.54) is 4.31 Å². The van der Waals surface area contributed by atoms with Crippen molar-refractivity contribution in [2.24, 2.45) is 0 Å². The number of hydrogen-bond donors (Lipinski definition) is 1. The Bertz CT molecular complexity index is 897. The van der Waals surface area contributed by atoms with Gasteiger partial charge in [0.05, 0.1) is 10.9 Å². The second-order valence-corrected chi connectivity index (χ2v) is 8.80. The highest BCUT2D eigenvalue weighted by Crippen LogP contribution is 2.19. The zero-order valence-electron chi connectivity index (χ0n) is 15.0. The first-order valence-electron chi connectivity index (χ1n) is 8.73. The maximum absolute atomic E-state index is 12.7. The lowest BCUT2D eigenvalue weighted by Crippen LogP contribution is -2.53. The molecule has 0 aromatic heterocycles. The van der Waals surface area contributed by atoms with Gasteiger partial charge in [-0.3, -0.25) is 9.69 Å². The molecular formula is C19H22ClN3O3S. The zero-order chi connectivity index (χ0) is 19.4. The standard InChI is InChI=1S/C19H22ClN3O3S/c1-15(19(24)21-17-7-5-6-16(20)14-17)22-10-12-23(13-11-22)27(25,26)18-8-3-2-4-9-18/h2-9,14-15H,10-13H2,1H3,(H,21,24)/t15-/m0/s1. The highest BCUT2D eigenvalue weighted by molar-refractivity contribution is 7.89. The van der Waals surface area contributed by atoms with Crippen molar-refractivity contribution in [2.75, 3.05) is 31.5 Å². The summed E-state index contributed by atoms with van der Waals surface area (Å²) in [4.78, 5) is 14.8. The van der Waals surface area contributed by atoms with Crippen LogP contribution in [0.25, 0.3) is 0 Å². The number of sulfonamides is 1. The second-order valence-electron chi connectivity index (χ2n) is 6.43. The van der Waals surface area contributed by atoms with E-state index in [1.54, 1.807) is 54.6 Å². The van der Waals surface area contributed by atoms with Gasteiger partial charge in [-0.05, 0) is 37.3 Å². The first-order chi connectivity index (χ1) is 12.9. The summed E-state index contributed by atoms with van der Waals surface area (Å²) in [5.74, 6) is -0.142. The molecule has 2 aromatic rings. The van der Waals surface area contributed by atoms with Gasteiger partial charge in [-0.15, -0.1) is 0 Å². The molecule has 1 amide bonds. The Morgan fingerprint density at radius 3 is 2.33 bits per heavy atom. The number of rotatable bonds is 5. The predicted octanol–water partition coefficient (Wildman–Crippen LogP) is 2.67. The van der Waals surface area contributed by atoms with E-state index in [1.807, 2.05) is 11.8 Å². The van der Waals surface area contributed by atoms with Crippen LogP contribution in [0.1, 0.15) is 6.92 Å². The van der Waals surface area contributed by atoms with E-state index in [4.69, 9.17) is 11.6 Å². The summed E-state index contributed by atoms with van der Waals surface area (Å²) in [6, 6.07) is 15.0. The summed E-state index contributed by atoms with van der Waals surface area (Å²) < 4.78 is 26.8. The molecule has 8 heteroatoms. The van der Waals surface area contributed by atoms with Crippen LogP contribution >= 0.6 is 11.6 Å². The van der Waals surface area contributed by atoms with Crippen molar-refractivity contribution >= 4 is 33.2 Å². The fourth-order valence-corrected chi connectivity index (χ4v) is 4.69. The Morgan fingerprint density at radius 2 is 1.70 bits per heavy atom. The molecule has 0 unspecified atom stereocenters. The fraction of sp³-hybridized carbons (Fsp3) is 0.316. The summed E-state index contributed by atoms with van der Waals surface area (Å²) in [5.41, 5.74) is 0.643. The highest BCUT2D eigenvalue weighted by Gasteiger charge is 2.31. The van der Waals surface area contributed by atoms with E-state index in [-0.39, 0.29) is 11.9 Å².